The van der Waals surface area contributed by atoms with Gasteiger partial charge in [0, 0.05) is 12.1 Å². The molecule has 0 aliphatic carbocycles. The van der Waals surface area contributed by atoms with E-state index >= 15 is 0 Å². The molecule has 0 unspecified atom stereocenters. The summed E-state index contributed by atoms with van der Waals surface area (Å²) < 4.78 is 155. The molecule has 0 aliphatic rings. The molecular formula is C30H26O21S4. The van der Waals surface area contributed by atoms with Gasteiger partial charge < -0.3 is 38.5 Å². The number of ketones is 2. The molecule has 0 saturated heterocycles. The average Bonchev–Trinajstić information content (AvgIpc) is 3.08. The van der Waals surface area contributed by atoms with Crippen LogP contribution in [-0.2, 0) is 40.5 Å². The number of aromatic hydroxyl groups is 3. The summed E-state index contributed by atoms with van der Waals surface area (Å²) in [4.78, 5) is 22.3. The topological polar surface area (TPSA) is 338 Å². The third-order valence-corrected chi connectivity index (χ3v) is 11.3. The Balaban J connectivity index is 2.01. The van der Waals surface area contributed by atoms with Crippen LogP contribution in [0.4, 0.5) is 0 Å². The molecule has 0 amide bonds. The second-order valence-electron chi connectivity index (χ2n) is 10.6. The molecule has 4 rings (SSSR count). The SMILES string of the molecule is COc1cc(O)c(C(=O)c2cc(S(=O)(=O)Oc3c(C(=O)c4ccc(OC)c(S(=O)(=O)O)c4O)ccc(OC)c3S(=O)(=O)O)c(OC)cc2O)cc1S(=O)(=O)O. The Bertz CT molecular complexity index is 2720. The fourth-order valence-corrected chi connectivity index (χ4v) is 8.38. The van der Waals surface area contributed by atoms with Gasteiger partial charge in [-0.3, -0.25) is 23.2 Å². The summed E-state index contributed by atoms with van der Waals surface area (Å²) in [5, 5.41) is 31.9. The molecule has 0 aromatic heterocycles. The zero-order valence-electron chi connectivity index (χ0n) is 28.1. The number of hydrogen-bond acceptors (Lipinski definition) is 18. The van der Waals surface area contributed by atoms with Crippen molar-refractivity contribution in [2.75, 3.05) is 28.4 Å². The molecule has 0 spiro atoms. The van der Waals surface area contributed by atoms with E-state index < -0.39 is 140 Å². The third kappa shape index (κ3) is 8.07. The molecule has 0 aliphatic heterocycles. The summed E-state index contributed by atoms with van der Waals surface area (Å²) in [6.45, 7) is 0. The van der Waals surface area contributed by atoms with E-state index in [9.17, 15) is 72.2 Å². The van der Waals surface area contributed by atoms with E-state index in [2.05, 4.69) is 0 Å². The van der Waals surface area contributed by atoms with Gasteiger partial charge in [-0.05, 0) is 36.4 Å². The number of ether oxygens (including phenoxy) is 4. The maximum atomic E-state index is 14.0. The van der Waals surface area contributed by atoms with Crippen molar-refractivity contribution in [1.82, 2.24) is 0 Å². The molecule has 25 heteroatoms. The third-order valence-electron chi connectivity index (χ3n) is 7.41. The van der Waals surface area contributed by atoms with Crippen LogP contribution in [0, 0.1) is 0 Å². The lowest BCUT2D eigenvalue weighted by atomic mass is 10.0. The smallest absolute Gasteiger partial charge is 0.343 e. The second kappa shape index (κ2) is 14.9. The highest BCUT2D eigenvalue weighted by molar-refractivity contribution is 7.87. The average molecular weight is 851 g/mol. The number of phenols is 3. The van der Waals surface area contributed by atoms with Crippen molar-refractivity contribution in [2.24, 2.45) is 0 Å². The van der Waals surface area contributed by atoms with Crippen molar-refractivity contribution < 1.29 is 95.4 Å². The van der Waals surface area contributed by atoms with Crippen molar-refractivity contribution in [3.63, 3.8) is 0 Å². The Morgan fingerprint density at radius 3 is 1.33 bits per heavy atom. The number of carbonyl (C=O) groups is 2. The number of carbonyl (C=O) groups excluding carboxylic acids is 2. The monoisotopic (exact) mass is 850 g/mol. The normalized spacial score (nSPS) is 12.1. The lowest BCUT2D eigenvalue weighted by Crippen LogP contribution is -2.18. The Hall–Kier alpha value is -5.70. The minimum Gasteiger partial charge on any atom is -0.507 e. The highest BCUT2D eigenvalue weighted by Gasteiger charge is 2.37. The molecule has 55 heavy (non-hydrogen) atoms. The molecule has 0 bridgehead atoms. The summed E-state index contributed by atoms with van der Waals surface area (Å²) in [5.41, 5.74) is -4.08. The molecule has 4 aromatic rings. The molecule has 6 N–H and O–H groups in total. The summed E-state index contributed by atoms with van der Waals surface area (Å²) in [6.07, 6.45) is 0. The highest BCUT2D eigenvalue weighted by Crippen LogP contribution is 2.43. The van der Waals surface area contributed by atoms with Crippen LogP contribution in [0.15, 0.2) is 68.1 Å². The standard InChI is InChI=1S/C30H26O21S4/c1-47-19-7-5-13(27(35)29(19)53(39,40)41)25(33)14-6-8-20(48-2)30(54(42,43)44)28(14)51-55(45,46)24-10-16(18(32)12-22(24)50-4)26(34)15-9-23(52(36,37)38)21(49-3)11-17(15)31/h5-12,31-32,35H,1-4H3,(H,36,37,38)(H,39,40,41)(H,42,43,44). The van der Waals surface area contributed by atoms with Crippen molar-refractivity contribution in [1.29, 1.82) is 0 Å². The van der Waals surface area contributed by atoms with E-state index in [1.54, 1.807) is 0 Å². The van der Waals surface area contributed by atoms with Crippen LogP contribution < -0.4 is 23.1 Å². The van der Waals surface area contributed by atoms with Crippen LogP contribution in [0.3, 0.4) is 0 Å². The highest BCUT2D eigenvalue weighted by atomic mass is 32.2. The predicted molar refractivity (Wildman–Crippen MR) is 181 cm³/mol. The number of rotatable bonds is 14. The molecular weight excluding hydrogens is 825 g/mol. The van der Waals surface area contributed by atoms with Gasteiger partial charge in [0.05, 0.1) is 50.7 Å². The molecule has 21 nitrogen and oxygen atoms in total. The summed E-state index contributed by atoms with van der Waals surface area (Å²) in [6, 6.07) is 4.89. The van der Waals surface area contributed by atoms with E-state index in [4.69, 9.17) is 23.1 Å². The fourth-order valence-electron chi connectivity index (χ4n) is 4.98. The van der Waals surface area contributed by atoms with Gasteiger partial charge in [-0.15, -0.1) is 0 Å². The number of methoxy groups -OCH3 is 4. The lowest BCUT2D eigenvalue weighted by molar-refractivity contribution is 0.102. The molecule has 0 atom stereocenters. The van der Waals surface area contributed by atoms with Crippen LogP contribution in [-0.4, -0.2) is 103 Å². The van der Waals surface area contributed by atoms with E-state index in [0.29, 0.717) is 30.3 Å². The van der Waals surface area contributed by atoms with Gasteiger partial charge in [0.25, 0.3) is 10.1 Å². The quantitative estimate of drug-likeness (QED) is 0.0598. The summed E-state index contributed by atoms with van der Waals surface area (Å²) in [7, 11) is -18.1. The first-order chi connectivity index (χ1) is 25.3. The van der Waals surface area contributed by atoms with Gasteiger partial charge in [-0.1, -0.05) is 0 Å². The first-order valence-corrected chi connectivity index (χ1v) is 20.0. The van der Waals surface area contributed by atoms with Crippen LogP contribution in [0.25, 0.3) is 0 Å². The minimum absolute atomic E-state index is 0.366. The van der Waals surface area contributed by atoms with Gasteiger partial charge in [-0.25, -0.2) is 0 Å². The van der Waals surface area contributed by atoms with Crippen LogP contribution >= 0.6 is 0 Å². The Morgan fingerprint density at radius 2 is 0.891 bits per heavy atom. The molecule has 0 fully saturated rings. The van der Waals surface area contributed by atoms with E-state index in [1.807, 2.05) is 0 Å². The van der Waals surface area contributed by atoms with Crippen molar-refractivity contribution in [2.45, 2.75) is 19.6 Å². The minimum atomic E-state index is -5.67. The summed E-state index contributed by atoms with van der Waals surface area (Å²) in [5.74, 6) is -11.0. The molecule has 4 aromatic carbocycles. The second-order valence-corrected chi connectivity index (χ2v) is 16.2. The zero-order chi connectivity index (χ0) is 41.6. The number of benzene rings is 4. The predicted octanol–water partition coefficient (Wildman–Crippen LogP) is 1.81. The van der Waals surface area contributed by atoms with Crippen LogP contribution in [0.5, 0.6) is 46.0 Å². The molecule has 296 valence electrons. The first-order valence-electron chi connectivity index (χ1n) is 14.2. The summed E-state index contributed by atoms with van der Waals surface area (Å²) >= 11 is 0. The van der Waals surface area contributed by atoms with Crippen molar-refractivity contribution >= 4 is 52.0 Å². The number of hydrogen-bond donors (Lipinski definition) is 6. The van der Waals surface area contributed by atoms with Gasteiger partial charge >= 0.3 is 30.4 Å². The van der Waals surface area contributed by atoms with Crippen molar-refractivity contribution in [3.8, 4) is 46.0 Å². The Morgan fingerprint density at radius 1 is 0.491 bits per heavy atom. The van der Waals surface area contributed by atoms with Gasteiger partial charge in [-0.2, -0.15) is 33.7 Å². The van der Waals surface area contributed by atoms with Crippen molar-refractivity contribution in [3.05, 3.63) is 70.8 Å². The Kier molecular flexibility index (Phi) is 11.4. The van der Waals surface area contributed by atoms with Gasteiger partial charge in [0.1, 0.15) is 44.3 Å². The maximum Gasteiger partial charge on any atom is 0.343 e. The number of phenolic OH excluding ortho intramolecular Hbond substituents is 3. The van der Waals surface area contributed by atoms with Crippen LogP contribution in [0.2, 0.25) is 0 Å². The first kappa shape index (κ1) is 42.0. The molecule has 0 heterocycles. The van der Waals surface area contributed by atoms with Crippen LogP contribution in [0.1, 0.15) is 31.8 Å². The zero-order valence-corrected chi connectivity index (χ0v) is 31.3. The fraction of sp³-hybridized carbons (Fsp3) is 0.133. The maximum absolute atomic E-state index is 14.0. The van der Waals surface area contributed by atoms with E-state index in [-0.39, 0.29) is 0 Å². The Labute approximate surface area is 311 Å². The van der Waals surface area contributed by atoms with Gasteiger partial charge in [0.2, 0.25) is 11.6 Å². The molecule has 0 radical (unpaired) electrons. The van der Waals surface area contributed by atoms with Gasteiger partial charge in [0.15, 0.2) is 21.3 Å². The van der Waals surface area contributed by atoms with E-state index in [0.717, 1.165) is 46.6 Å². The lowest BCUT2D eigenvalue weighted by Gasteiger charge is -2.18. The molecule has 0 saturated carbocycles. The van der Waals surface area contributed by atoms with E-state index in [1.165, 1.54) is 0 Å². The largest absolute Gasteiger partial charge is 0.507 e.